The number of benzene rings is 2. The number of aromatic nitrogens is 1. The van der Waals surface area contributed by atoms with Crippen LogP contribution in [-0.2, 0) is 16.4 Å². The predicted octanol–water partition coefficient (Wildman–Crippen LogP) is 3.78. The molecule has 150 valence electrons. The van der Waals surface area contributed by atoms with Crippen molar-refractivity contribution in [2.75, 3.05) is 11.4 Å². The lowest BCUT2D eigenvalue weighted by Crippen LogP contribution is -2.29. The Labute approximate surface area is 174 Å². The van der Waals surface area contributed by atoms with Crippen molar-refractivity contribution in [1.29, 1.82) is 0 Å². The van der Waals surface area contributed by atoms with Crippen LogP contribution in [0.4, 0.5) is 5.69 Å². The van der Waals surface area contributed by atoms with Gasteiger partial charge in [-0.2, -0.15) is 0 Å². The van der Waals surface area contributed by atoms with E-state index in [2.05, 4.69) is 31.0 Å². The average Bonchev–Trinajstić information content (AvgIpc) is 3.34. The summed E-state index contributed by atoms with van der Waals surface area (Å²) in [5.74, 6) is 0.214. The van der Waals surface area contributed by atoms with E-state index in [0.29, 0.717) is 30.3 Å². The van der Waals surface area contributed by atoms with Gasteiger partial charge in [0.25, 0.3) is 5.91 Å². The number of anilines is 1. The van der Waals surface area contributed by atoms with Crippen molar-refractivity contribution in [2.24, 2.45) is 5.14 Å². The fourth-order valence-corrected chi connectivity index (χ4v) is 4.73. The molecule has 1 aromatic heterocycles. The predicted molar refractivity (Wildman–Crippen MR) is 115 cm³/mol. The zero-order valence-electron chi connectivity index (χ0n) is 16.1. The van der Waals surface area contributed by atoms with Crippen molar-refractivity contribution in [3.63, 3.8) is 0 Å². The number of rotatable bonds is 4. The van der Waals surface area contributed by atoms with E-state index in [1.54, 1.807) is 16.3 Å². The summed E-state index contributed by atoms with van der Waals surface area (Å²) in [6.45, 7) is 4.77. The number of primary sulfonamides is 1. The lowest BCUT2D eigenvalue weighted by atomic mass is 10.0. The highest BCUT2D eigenvalue weighted by atomic mass is 32.2. The molecular formula is C21H21N3O3S2. The second kappa shape index (κ2) is 7.37. The van der Waals surface area contributed by atoms with Gasteiger partial charge in [0.2, 0.25) is 10.0 Å². The lowest BCUT2D eigenvalue weighted by molar-refractivity contribution is 0.0985. The standard InChI is InChI=1S/C21H21N3O3S2/c1-13(2)14-3-5-16(6-4-14)20-23-18(12-28-20)21(25)24-10-9-15-7-8-17(11-19(15)24)29(22,26)27/h3-8,11-13H,9-10H2,1-2H3,(H2,22,26,27). The first-order valence-corrected chi connectivity index (χ1v) is 11.7. The van der Waals surface area contributed by atoms with E-state index in [-0.39, 0.29) is 10.8 Å². The first-order chi connectivity index (χ1) is 13.7. The number of carbonyl (C=O) groups is 1. The van der Waals surface area contributed by atoms with Gasteiger partial charge in [-0.15, -0.1) is 11.3 Å². The van der Waals surface area contributed by atoms with E-state index in [1.165, 1.54) is 29.0 Å². The van der Waals surface area contributed by atoms with Crippen molar-refractivity contribution < 1.29 is 13.2 Å². The normalized spacial score (nSPS) is 13.7. The second-order valence-electron chi connectivity index (χ2n) is 7.36. The summed E-state index contributed by atoms with van der Waals surface area (Å²) in [6.07, 6.45) is 0.666. The summed E-state index contributed by atoms with van der Waals surface area (Å²) in [5, 5.41) is 7.76. The molecule has 2 N–H and O–H groups in total. The Morgan fingerprint density at radius 2 is 1.90 bits per heavy atom. The van der Waals surface area contributed by atoms with Crippen molar-refractivity contribution in [3.05, 3.63) is 64.7 Å². The van der Waals surface area contributed by atoms with E-state index < -0.39 is 10.0 Å². The Morgan fingerprint density at radius 1 is 1.17 bits per heavy atom. The third-order valence-corrected chi connectivity index (χ3v) is 6.88. The monoisotopic (exact) mass is 427 g/mol. The van der Waals surface area contributed by atoms with E-state index >= 15 is 0 Å². The summed E-state index contributed by atoms with van der Waals surface area (Å²) in [6, 6.07) is 12.9. The van der Waals surface area contributed by atoms with Gasteiger partial charge in [0.15, 0.2) is 0 Å². The molecule has 1 aliphatic heterocycles. The number of sulfonamides is 1. The number of carbonyl (C=O) groups excluding carboxylic acids is 1. The number of nitrogens with zero attached hydrogens (tertiary/aromatic N) is 2. The highest BCUT2D eigenvalue weighted by Gasteiger charge is 2.28. The number of hydrogen-bond acceptors (Lipinski definition) is 5. The molecule has 0 atom stereocenters. The van der Waals surface area contributed by atoms with Gasteiger partial charge in [0, 0.05) is 23.2 Å². The highest BCUT2D eigenvalue weighted by molar-refractivity contribution is 7.89. The van der Waals surface area contributed by atoms with Gasteiger partial charge in [0.05, 0.1) is 4.90 Å². The second-order valence-corrected chi connectivity index (χ2v) is 9.78. The van der Waals surface area contributed by atoms with E-state index in [9.17, 15) is 13.2 Å². The number of hydrogen-bond donors (Lipinski definition) is 1. The van der Waals surface area contributed by atoms with Crippen molar-refractivity contribution in [2.45, 2.75) is 31.1 Å². The molecule has 8 heteroatoms. The van der Waals surface area contributed by atoms with Gasteiger partial charge in [0.1, 0.15) is 10.7 Å². The van der Waals surface area contributed by atoms with Crippen LogP contribution in [0.2, 0.25) is 0 Å². The SMILES string of the molecule is CC(C)c1ccc(-c2nc(C(=O)N3CCc4ccc(S(N)(=O)=O)cc43)cs2)cc1. The minimum atomic E-state index is -3.83. The molecule has 2 heterocycles. The highest BCUT2D eigenvalue weighted by Crippen LogP contribution is 2.32. The van der Waals surface area contributed by atoms with Crippen LogP contribution in [0.5, 0.6) is 0 Å². The Morgan fingerprint density at radius 3 is 2.55 bits per heavy atom. The Kier molecular flexibility index (Phi) is 5.02. The van der Waals surface area contributed by atoms with Gasteiger partial charge in [-0.05, 0) is 35.6 Å². The first-order valence-electron chi connectivity index (χ1n) is 9.27. The van der Waals surface area contributed by atoms with Crippen LogP contribution in [0.15, 0.2) is 52.7 Å². The molecule has 4 rings (SSSR count). The van der Waals surface area contributed by atoms with Crippen LogP contribution >= 0.6 is 11.3 Å². The number of fused-ring (bicyclic) bond motifs is 1. The van der Waals surface area contributed by atoms with Crippen LogP contribution < -0.4 is 10.0 Å². The largest absolute Gasteiger partial charge is 0.306 e. The maximum Gasteiger partial charge on any atom is 0.277 e. The lowest BCUT2D eigenvalue weighted by Gasteiger charge is -2.16. The van der Waals surface area contributed by atoms with E-state index in [1.807, 2.05) is 12.1 Å². The quantitative estimate of drug-likeness (QED) is 0.686. The summed E-state index contributed by atoms with van der Waals surface area (Å²) in [7, 11) is -3.83. The molecule has 2 aromatic carbocycles. The van der Waals surface area contributed by atoms with Crippen LogP contribution in [-0.4, -0.2) is 25.9 Å². The smallest absolute Gasteiger partial charge is 0.277 e. The van der Waals surface area contributed by atoms with Crippen molar-refractivity contribution >= 4 is 33.0 Å². The molecule has 29 heavy (non-hydrogen) atoms. The fourth-order valence-electron chi connectivity index (χ4n) is 3.40. The van der Waals surface area contributed by atoms with Gasteiger partial charge < -0.3 is 4.90 Å². The zero-order valence-corrected chi connectivity index (χ0v) is 17.8. The third-order valence-electron chi connectivity index (χ3n) is 5.07. The first kappa shape index (κ1) is 19.8. The van der Waals surface area contributed by atoms with Crippen molar-refractivity contribution in [1.82, 2.24) is 4.98 Å². The number of thiazole rings is 1. The maximum absolute atomic E-state index is 13.0. The van der Waals surface area contributed by atoms with E-state index in [4.69, 9.17) is 5.14 Å². The van der Waals surface area contributed by atoms with Crippen LogP contribution in [0.25, 0.3) is 10.6 Å². The third kappa shape index (κ3) is 3.83. The van der Waals surface area contributed by atoms with Crippen LogP contribution in [0, 0.1) is 0 Å². The molecule has 1 amide bonds. The molecule has 1 aliphatic rings. The minimum absolute atomic E-state index is 0.000147. The molecule has 0 bridgehead atoms. The number of amides is 1. The molecule has 3 aromatic rings. The molecule has 0 saturated carbocycles. The maximum atomic E-state index is 13.0. The summed E-state index contributed by atoms with van der Waals surface area (Å²) >= 11 is 1.42. The summed E-state index contributed by atoms with van der Waals surface area (Å²) in [4.78, 5) is 19.2. The molecule has 0 spiro atoms. The molecule has 0 radical (unpaired) electrons. The van der Waals surface area contributed by atoms with E-state index in [0.717, 1.165) is 16.1 Å². The van der Waals surface area contributed by atoms with Crippen LogP contribution in [0.1, 0.15) is 41.4 Å². The number of nitrogens with two attached hydrogens (primary N) is 1. The van der Waals surface area contributed by atoms with Gasteiger partial charge >= 0.3 is 0 Å². The molecular weight excluding hydrogens is 406 g/mol. The molecule has 0 unspecified atom stereocenters. The molecule has 0 aliphatic carbocycles. The van der Waals surface area contributed by atoms with Gasteiger partial charge in [-0.1, -0.05) is 44.2 Å². The Bertz CT molecular complexity index is 1180. The van der Waals surface area contributed by atoms with Gasteiger partial charge in [-0.3, -0.25) is 4.79 Å². The minimum Gasteiger partial charge on any atom is -0.306 e. The average molecular weight is 428 g/mol. The topological polar surface area (TPSA) is 93.4 Å². The zero-order chi connectivity index (χ0) is 20.8. The van der Waals surface area contributed by atoms with Crippen molar-refractivity contribution in [3.8, 4) is 10.6 Å². The molecule has 6 nitrogen and oxygen atoms in total. The Hall–Kier alpha value is -2.55. The molecule has 0 saturated heterocycles. The fraction of sp³-hybridized carbons (Fsp3) is 0.238. The summed E-state index contributed by atoms with van der Waals surface area (Å²) < 4.78 is 23.3. The van der Waals surface area contributed by atoms with Gasteiger partial charge in [-0.25, -0.2) is 18.5 Å². The molecule has 0 fully saturated rings. The summed E-state index contributed by atoms with van der Waals surface area (Å²) in [5.41, 5.74) is 4.08. The Balaban J connectivity index is 1.61. The van der Waals surface area contributed by atoms with Crippen LogP contribution in [0.3, 0.4) is 0 Å².